The highest BCUT2D eigenvalue weighted by atomic mass is 79.9. The molecule has 0 spiro atoms. The van der Waals surface area contributed by atoms with Gasteiger partial charge in [0.1, 0.15) is 17.8 Å². The minimum Gasteiger partial charge on any atom is -0.393 e. The van der Waals surface area contributed by atoms with Gasteiger partial charge < -0.3 is 20.9 Å². The van der Waals surface area contributed by atoms with Gasteiger partial charge in [0.25, 0.3) is 0 Å². The van der Waals surface area contributed by atoms with E-state index >= 15 is 0 Å². The zero-order valence-electron chi connectivity index (χ0n) is 15.1. The van der Waals surface area contributed by atoms with Crippen LogP contribution in [0.1, 0.15) is 0 Å². The Morgan fingerprint density at radius 2 is 1.61 bits per heavy atom. The lowest BCUT2D eigenvalue weighted by molar-refractivity contribution is 0.596. The Bertz CT molecular complexity index is 957. The lowest BCUT2D eigenvalue weighted by atomic mass is 10.2. The van der Waals surface area contributed by atoms with Gasteiger partial charge in [-0.05, 0) is 36.4 Å². The summed E-state index contributed by atoms with van der Waals surface area (Å²) in [6, 6.07) is 14.6. The van der Waals surface area contributed by atoms with Crippen LogP contribution in [0.15, 0.2) is 59.3 Å². The average Bonchev–Trinajstić information content (AvgIpc) is 2.72. The standard InChI is InChI=1S/C20H20BrFN6/c21-14-5-7-15(8-6-14)26-19-18(23)20(25-13-24-19)28-11-9-27(10-12-28)17-4-2-1-3-16(17)22/h1-8,13H,9-12,23H2,(H,24,25,26). The Morgan fingerprint density at radius 1 is 0.929 bits per heavy atom. The molecule has 0 atom stereocenters. The van der Waals surface area contributed by atoms with Crippen molar-refractivity contribution in [2.45, 2.75) is 0 Å². The van der Waals surface area contributed by atoms with E-state index in [9.17, 15) is 4.39 Å². The Morgan fingerprint density at radius 3 is 2.32 bits per heavy atom. The van der Waals surface area contributed by atoms with Gasteiger partial charge in [-0.25, -0.2) is 14.4 Å². The molecule has 0 bridgehead atoms. The fourth-order valence-corrected chi connectivity index (χ4v) is 3.54. The number of nitrogen functional groups attached to an aromatic ring is 1. The minimum atomic E-state index is -0.196. The molecule has 0 unspecified atom stereocenters. The maximum atomic E-state index is 14.0. The van der Waals surface area contributed by atoms with Crippen molar-refractivity contribution in [3.8, 4) is 0 Å². The number of benzene rings is 2. The number of nitrogens with zero attached hydrogens (tertiary/aromatic N) is 4. The third-order valence-corrected chi connectivity index (χ3v) is 5.27. The zero-order chi connectivity index (χ0) is 19.5. The number of halogens is 2. The minimum absolute atomic E-state index is 0.196. The van der Waals surface area contributed by atoms with Crippen molar-refractivity contribution >= 4 is 44.6 Å². The molecule has 144 valence electrons. The van der Waals surface area contributed by atoms with Crippen LogP contribution < -0.4 is 20.9 Å². The molecular formula is C20H20BrFN6. The maximum absolute atomic E-state index is 14.0. The summed E-state index contributed by atoms with van der Waals surface area (Å²) in [6.45, 7) is 2.79. The molecular weight excluding hydrogens is 423 g/mol. The first-order valence-corrected chi connectivity index (χ1v) is 9.78. The van der Waals surface area contributed by atoms with Gasteiger partial charge in [-0.3, -0.25) is 0 Å². The van der Waals surface area contributed by atoms with Gasteiger partial charge in [-0.1, -0.05) is 28.1 Å². The van der Waals surface area contributed by atoms with E-state index in [4.69, 9.17) is 5.73 Å². The van der Waals surface area contributed by atoms with E-state index in [-0.39, 0.29) is 5.82 Å². The molecule has 4 rings (SSSR count). The molecule has 3 N–H and O–H groups in total. The van der Waals surface area contributed by atoms with E-state index in [2.05, 4.69) is 36.1 Å². The van der Waals surface area contributed by atoms with Crippen LogP contribution in [0.4, 0.5) is 33.1 Å². The molecule has 2 heterocycles. The van der Waals surface area contributed by atoms with Crippen LogP contribution in [0.25, 0.3) is 0 Å². The molecule has 8 heteroatoms. The first-order valence-electron chi connectivity index (χ1n) is 8.99. The first kappa shape index (κ1) is 18.5. The number of para-hydroxylation sites is 1. The summed E-state index contributed by atoms with van der Waals surface area (Å²) < 4.78 is 15.0. The van der Waals surface area contributed by atoms with Crippen molar-refractivity contribution in [3.63, 3.8) is 0 Å². The van der Waals surface area contributed by atoms with Crippen molar-refractivity contribution in [2.75, 3.05) is 47.0 Å². The van der Waals surface area contributed by atoms with Gasteiger partial charge >= 0.3 is 0 Å². The van der Waals surface area contributed by atoms with Crippen LogP contribution in [-0.4, -0.2) is 36.1 Å². The number of hydrogen-bond donors (Lipinski definition) is 2. The van der Waals surface area contributed by atoms with Crippen molar-refractivity contribution in [1.82, 2.24) is 9.97 Å². The molecule has 0 saturated carbocycles. The number of anilines is 5. The molecule has 1 aromatic heterocycles. The van der Waals surface area contributed by atoms with Crippen molar-refractivity contribution in [1.29, 1.82) is 0 Å². The third kappa shape index (κ3) is 3.87. The van der Waals surface area contributed by atoms with Crippen molar-refractivity contribution in [3.05, 3.63) is 65.1 Å². The zero-order valence-corrected chi connectivity index (χ0v) is 16.7. The van der Waals surface area contributed by atoms with E-state index < -0.39 is 0 Å². The Kier molecular flexibility index (Phi) is 5.29. The van der Waals surface area contributed by atoms with Crippen LogP contribution in [-0.2, 0) is 0 Å². The van der Waals surface area contributed by atoms with Gasteiger partial charge in [-0.15, -0.1) is 0 Å². The van der Waals surface area contributed by atoms with Gasteiger partial charge in [0.15, 0.2) is 11.6 Å². The Hall–Kier alpha value is -2.87. The normalized spacial score (nSPS) is 14.2. The smallest absolute Gasteiger partial charge is 0.159 e. The van der Waals surface area contributed by atoms with Crippen LogP contribution in [0.5, 0.6) is 0 Å². The summed E-state index contributed by atoms with van der Waals surface area (Å²) in [5.74, 6) is 1.07. The summed E-state index contributed by atoms with van der Waals surface area (Å²) >= 11 is 3.42. The maximum Gasteiger partial charge on any atom is 0.159 e. The lowest BCUT2D eigenvalue weighted by Gasteiger charge is -2.37. The largest absolute Gasteiger partial charge is 0.393 e. The van der Waals surface area contributed by atoms with E-state index in [0.717, 1.165) is 10.2 Å². The molecule has 6 nitrogen and oxygen atoms in total. The number of aromatic nitrogens is 2. The molecule has 1 fully saturated rings. The second-order valence-electron chi connectivity index (χ2n) is 6.52. The summed E-state index contributed by atoms with van der Waals surface area (Å²) in [7, 11) is 0. The molecule has 28 heavy (non-hydrogen) atoms. The number of nitrogens with one attached hydrogen (secondary N) is 1. The molecule has 2 aromatic carbocycles. The van der Waals surface area contributed by atoms with Gasteiger partial charge in [0, 0.05) is 36.3 Å². The molecule has 1 aliphatic rings. The summed E-state index contributed by atoms with van der Waals surface area (Å²) in [6.07, 6.45) is 1.51. The molecule has 1 saturated heterocycles. The lowest BCUT2D eigenvalue weighted by Crippen LogP contribution is -2.47. The number of hydrogen-bond acceptors (Lipinski definition) is 6. The summed E-state index contributed by atoms with van der Waals surface area (Å²) in [5.41, 5.74) is 8.38. The predicted octanol–water partition coefficient (Wildman–Crippen LogP) is 4.03. The Labute approximate surface area is 171 Å². The topological polar surface area (TPSA) is 70.3 Å². The summed E-state index contributed by atoms with van der Waals surface area (Å²) in [5, 5.41) is 3.24. The Balaban J connectivity index is 1.48. The number of rotatable bonds is 4. The quantitative estimate of drug-likeness (QED) is 0.635. The molecule has 0 radical (unpaired) electrons. The molecule has 0 amide bonds. The second kappa shape index (κ2) is 8.02. The fraction of sp³-hybridized carbons (Fsp3) is 0.200. The van der Waals surface area contributed by atoms with E-state index in [1.54, 1.807) is 6.07 Å². The number of nitrogens with two attached hydrogens (primary N) is 1. The van der Waals surface area contributed by atoms with Gasteiger partial charge in [0.05, 0.1) is 5.69 Å². The number of piperazine rings is 1. The molecule has 0 aliphatic carbocycles. The van der Waals surface area contributed by atoms with E-state index in [0.29, 0.717) is 49.2 Å². The van der Waals surface area contributed by atoms with E-state index in [1.807, 2.05) is 41.3 Å². The van der Waals surface area contributed by atoms with Crippen LogP contribution in [0.2, 0.25) is 0 Å². The highest BCUT2D eigenvalue weighted by Gasteiger charge is 2.22. The molecule has 3 aromatic rings. The third-order valence-electron chi connectivity index (χ3n) is 4.74. The van der Waals surface area contributed by atoms with Gasteiger partial charge in [0.2, 0.25) is 0 Å². The second-order valence-corrected chi connectivity index (χ2v) is 7.43. The monoisotopic (exact) mass is 442 g/mol. The highest BCUT2D eigenvalue weighted by molar-refractivity contribution is 9.10. The summed E-state index contributed by atoms with van der Waals surface area (Å²) in [4.78, 5) is 12.8. The SMILES string of the molecule is Nc1c(Nc2ccc(Br)cc2)ncnc1N1CCN(c2ccccc2F)CC1. The molecule has 1 aliphatic heterocycles. The highest BCUT2D eigenvalue weighted by Crippen LogP contribution is 2.30. The van der Waals surface area contributed by atoms with E-state index in [1.165, 1.54) is 12.4 Å². The van der Waals surface area contributed by atoms with Crippen LogP contribution >= 0.6 is 15.9 Å². The van der Waals surface area contributed by atoms with Crippen LogP contribution in [0, 0.1) is 5.82 Å². The predicted molar refractivity (Wildman–Crippen MR) is 115 cm³/mol. The van der Waals surface area contributed by atoms with Gasteiger partial charge in [-0.2, -0.15) is 0 Å². The first-order chi connectivity index (χ1) is 13.6. The fourth-order valence-electron chi connectivity index (χ4n) is 3.28. The average molecular weight is 443 g/mol. The van der Waals surface area contributed by atoms with Crippen molar-refractivity contribution < 1.29 is 4.39 Å². The van der Waals surface area contributed by atoms with Crippen LogP contribution in [0.3, 0.4) is 0 Å². The van der Waals surface area contributed by atoms with Crippen molar-refractivity contribution in [2.24, 2.45) is 0 Å².